The highest BCUT2D eigenvalue weighted by molar-refractivity contribution is 5.63. The summed E-state index contributed by atoms with van der Waals surface area (Å²) in [6.07, 6.45) is 10.9. The Bertz CT molecular complexity index is 537. The average Bonchev–Trinajstić information content (AvgIpc) is 2.63. The topological polar surface area (TPSA) is 3.24 Å². The zero-order valence-electron chi connectivity index (χ0n) is 16.4. The Balaban J connectivity index is 1.89. The van der Waals surface area contributed by atoms with Crippen molar-refractivity contribution in [1.82, 2.24) is 0 Å². The van der Waals surface area contributed by atoms with Crippen LogP contribution in [0.1, 0.15) is 69.4 Å². The number of benzene rings is 2. The molecule has 2 aromatic carbocycles. The number of hydrogen-bond donors (Lipinski definition) is 0. The molecule has 0 saturated heterocycles. The Labute approximate surface area is 155 Å². The lowest BCUT2D eigenvalue weighted by Crippen LogP contribution is -2.18. The molecule has 0 aliphatic rings. The van der Waals surface area contributed by atoms with Gasteiger partial charge in [-0.3, -0.25) is 0 Å². The molecule has 0 aromatic heterocycles. The van der Waals surface area contributed by atoms with E-state index in [0.717, 1.165) is 6.54 Å². The maximum Gasteiger partial charge on any atom is 0.0410 e. The van der Waals surface area contributed by atoms with Crippen molar-refractivity contribution in [2.75, 3.05) is 11.4 Å². The largest absolute Gasteiger partial charge is 0.341 e. The molecule has 0 saturated carbocycles. The Morgan fingerprint density at radius 1 is 0.560 bits per heavy atom. The molecule has 2 rings (SSSR count). The number of anilines is 2. The molecule has 1 heteroatoms. The van der Waals surface area contributed by atoms with Crippen molar-refractivity contribution in [3.8, 4) is 0 Å². The molecule has 0 spiro atoms. The van der Waals surface area contributed by atoms with Crippen LogP contribution in [0.3, 0.4) is 0 Å². The predicted octanol–water partition coefficient (Wildman–Crippen LogP) is 7.58. The Morgan fingerprint density at radius 2 is 0.960 bits per heavy atom. The normalized spacial score (nSPS) is 10.8. The van der Waals surface area contributed by atoms with Gasteiger partial charge in [-0.2, -0.15) is 0 Å². The Morgan fingerprint density at radius 3 is 1.40 bits per heavy atom. The molecule has 0 heterocycles. The van der Waals surface area contributed by atoms with Gasteiger partial charge in [-0.05, 0) is 44.5 Å². The third-order valence-electron chi connectivity index (χ3n) is 4.93. The van der Waals surface area contributed by atoms with E-state index < -0.39 is 0 Å². The van der Waals surface area contributed by atoms with Crippen LogP contribution in [0.25, 0.3) is 0 Å². The number of unbranched alkanes of at least 4 members (excludes halogenated alkanes) is 7. The molecule has 0 bridgehead atoms. The van der Waals surface area contributed by atoms with Gasteiger partial charge in [-0.15, -0.1) is 0 Å². The van der Waals surface area contributed by atoms with E-state index in [-0.39, 0.29) is 0 Å². The van der Waals surface area contributed by atoms with E-state index in [1.165, 1.54) is 73.9 Å². The van der Waals surface area contributed by atoms with Crippen LogP contribution in [-0.4, -0.2) is 6.54 Å². The molecule has 1 nitrogen and oxygen atoms in total. The summed E-state index contributed by atoms with van der Waals surface area (Å²) in [5, 5.41) is 0. The number of hydrogen-bond acceptors (Lipinski definition) is 1. The highest BCUT2D eigenvalue weighted by Crippen LogP contribution is 2.26. The number of rotatable bonds is 11. The SMILES string of the molecule is CCCCCCCCCCN(c1ccc(C)cc1)c1ccc(C)cc1. The zero-order chi connectivity index (χ0) is 17.9. The second kappa shape index (κ2) is 11.0. The van der Waals surface area contributed by atoms with Crippen LogP contribution < -0.4 is 4.90 Å². The molecular weight excluding hydrogens is 302 g/mol. The monoisotopic (exact) mass is 337 g/mol. The van der Waals surface area contributed by atoms with Crippen molar-refractivity contribution in [1.29, 1.82) is 0 Å². The lowest BCUT2D eigenvalue weighted by molar-refractivity contribution is 0.577. The van der Waals surface area contributed by atoms with Crippen LogP contribution in [0.5, 0.6) is 0 Å². The van der Waals surface area contributed by atoms with Gasteiger partial charge in [-0.25, -0.2) is 0 Å². The molecule has 0 aliphatic carbocycles. The quantitative estimate of drug-likeness (QED) is 0.382. The molecule has 2 aromatic rings. The Hall–Kier alpha value is -1.76. The minimum absolute atomic E-state index is 1.10. The maximum atomic E-state index is 2.47. The van der Waals surface area contributed by atoms with Crippen molar-refractivity contribution in [3.63, 3.8) is 0 Å². The first-order valence-electron chi connectivity index (χ1n) is 10.1. The van der Waals surface area contributed by atoms with Gasteiger partial charge in [0.25, 0.3) is 0 Å². The van der Waals surface area contributed by atoms with Gasteiger partial charge in [0, 0.05) is 17.9 Å². The molecule has 0 aliphatic heterocycles. The molecule has 136 valence electrons. The zero-order valence-corrected chi connectivity index (χ0v) is 16.4. The van der Waals surface area contributed by atoms with Crippen molar-refractivity contribution in [2.45, 2.75) is 72.1 Å². The molecule has 0 unspecified atom stereocenters. The molecule has 25 heavy (non-hydrogen) atoms. The molecular formula is C24H35N. The summed E-state index contributed by atoms with van der Waals surface area (Å²) < 4.78 is 0. The van der Waals surface area contributed by atoms with E-state index >= 15 is 0 Å². The number of nitrogens with zero attached hydrogens (tertiary/aromatic N) is 1. The third-order valence-corrected chi connectivity index (χ3v) is 4.93. The van der Waals surface area contributed by atoms with Crippen molar-refractivity contribution in [3.05, 3.63) is 59.7 Å². The highest BCUT2D eigenvalue weighted by atomic mass is 15.1. The van der Waals surface area contributed by atoms with Crippen LogP contribution in [0.2, 0.25) is 0 Å². The summed E-state index contributed by atoms with van der Waals surface area (Å²) in [5.41, 5.74) is 5.24. The smallest absolute Gasteiger partial charge is 0.0410 e. The lowest BCUT2D eigenvalue weighted by Gasteiger charge is -2.25. The lowest BCUT2D eigenvalue weighted by atomic mass is 10.1. The fourth-order valence-corrected chi connectivity index (χ4v) is 3.26. The Kier molecular flexibility index (Phi) is 8.59. The van der Waals surface area contributed by atoms with Crippen LogP contribution in [-0.2, 0) is 0 Å². The first kappa shape index (κ1) is 19.6. The fourth-order valence-electron chi connectivity index (χ4n) is 3.26. The van der Waals surface area contributed by atoms with Crippen LogP contribution in [0.4, 0.5) is 11.4 Å². The van der Waals surface area contributed by atoms with Gasteiger partial charge >= 0.3 is 0 Å². The van der Waals surface area contributed by atoms with Crippen molar-refractivity contribution < 1.29 is 0 Å². The van der Waals surface area contributed by atoms with Gasteiger partial charge in [0.2, 0.25) is 0 Å². The van der Waals surface area contributed by atoms with Gasteiger partial charge in [-0.1, -0.05) is 87.3 Å². The minimum atomic E-state index is 1.10. The van der Waals surface area contributed by atoms with E-state index in [0.29, 0.717) is 0 Å². The van der Waals surface area contributed by atoms with Gasteiger partial charge in [0.15, 0.2) is 0 Å². The molecule has 0 N–H and O–H groups in total. The first-order chi connectivity index (χ1) is 12.2. The van der Waals surface area contributed by atoms with Crippen molar-refractivity contribution in [2.24, 2.45) is 0 Å². The van der Waals surface area contributed by atoms with Crippen molar-refractivity contribution >= 4 is 11.4 Å². The molecule has 0 fully saturated rings. The second-order valence-corrected chi connectivity index (χ2v) is 7.30. The first-order valence-corrected chi connectivity index (χ1v) is 10.1. The predicted molar refractivity (Wildman–Crippen MR) is 112 cm³/mol. The highest BCUT2D eigenvalue weighted by Gasteiger charge is 2.09. The maximum absolute atomic E-state index is 2.47. The van der Waals surface area contributed by atoms with E-state index in [1.807, 2.05) is 0 Å². The van der Waals surface area contributed by atoms with E-state index in [9.17, 15) is 0 Å². The fraction of sp³-hybridized carbons (Fsp3) is 0.500. The van der Waals surface area contributed by atoms with E-state index in [1.54, 1.807) is 0 Å². The molecule has 0 radical (unpaired) electrons. The summed E-state index contributed by atoms with van der Waals surface area (Å²) in [7, 11) is 0. The summed E-state index contributed by atoms with van der Waals surface area (Å²) >= 11 is 0. The minimum Gasteiger partial charge on any atom is -0.341 e. The molecule has 0 amide bonds. The summed E-state index contributed by atoms with van der Waals surface area (Å²) in [6.45, 7) is 7.68. The third kappa shape index (κ3) is 6.94. The van der Waals surface area contributed by atoms with Crippen LogP contribution in [0, 0.1) is 13.8 Å². The standard InChI is InChI=1S/C24H35N/c1-4-5-6-7-8-9-10-11-20-25(23-16-12-21(2)13-17-23)24-18-14-22(3)15-19-24/h12-19H,4-11,20H2,1-3H3. The average molecular weight is 338 g/mol. The summed E-state index contributed by atoms with van der Waals surface area (Å²) in [5.74, 6) is 0. The van der Waals surface area contributed by atoms with E-state index in [2.05, 4.69) is 74.2 Å². The van der Waals surface area contributed by atoms with Crippen LogP contribution >= 0.6 is 0 Å². The van der Waals surface area contributed by atoms with Gasteiger partial charge in [0.05, 0.1) is 0 Å². The summed E-state index contributed by atoms with van der Waals surface area (Å²) in [4.78, 5) is 2.47. The molecule has 0 atom stereocenters. The van der Waals surface area contributed by atoms with E-state index in [4.69, 9.17) is 0 Å². The summed E-state index contributed by atoms with van der Waals surface area (Å²) in [6, 6.07) is 17.8. The van der Waals surface area contributed by atoms with Gasteiger partial charge in [0.1, 0.15) is 0 Å². The number of aryl methyl sites for hydroxylation is 2. The second-order valence-electron chi connectivity index (χ2n) is 7.30. The van der Waals surface area contributed by atoms with Gasteiger partial charge < -0.3 is 4.90 Å². The van der Waals surface area contributed by atoms with Crippen LogP contribution in [0.15, 0.2) is 48.5 Å².